The number of benzene rings is 2. The fraction of sp³-hybridized carbons (Fsp3) is 0.435. The van der Waals surface area contributed by atoms with E-state index < -0.39 is 0 Å². The molecule has 146 valence electrons. The Kier molecular flexibility index (Phi) is 3.91. The van der Waals surface area contributed by atoms with Crippen molar-refractivity contribution in [2.24, 2.45) is 0 Å². The Morgan fingerprint density at radius 2 is 1.89 bits per heavy atom. The standard InChI is InChI=1S/C23H27N3O2/c1-23-11-13-24(2)21(23)25(3)20-9-8-18(14-19(20)23)28-22(27)26-12-10-16-6-4-5-7-17(16)15-26/h4-9,14,21H,10-13,15H2,1-3H3/t21-,23-/m0/s1. The molecule has 3 aliphatic rings. The fourth-order valence-corrected chi connectivity index (χ4v) is 5.44. The van der Waals surface area contributed by atoms with E-state index in [1.54, 1.807) is 4.90 Å². The zero-order valence-corrected chi connectivity index (χ0v) is 16.8. The molecule has 0 aromatic heterocycles. The van der Waals surface area contributed by atoms with Gasteiger partial charge in [0.05, 0.1) is 6.17 Å². The number of carbonyl (C=O) groups excluding carboxylic acids is 1. The van der Waals surface area contributed by atoms with Gasteiger partial charge in [-0.15, -0.1) is 0 Å². The molecule has 2 aromatic carbocycles. The van der Waals surface area contributed by atoms with E-state index in [-0.39, 0.29) is 11.5 Å². The second-order valence-corrected chi connectivity index (χ2v) is 8.62. The van der Waals surface area contributed by atoms with Crippen molar-refractivity contribution in [3.63, 3.8) is 0 Å². The maximum absolute atomic E-state index is 12.8. The topological polar surface area (TPSA) is 36.0 Å². The summed E-state index contributed by atoms with van der Waals surface area (Å²) in [6, 6.07) is 14.4. The Morgan fingerprint density at radius 1 is 1.11 bits per heavy atom. The Balaban J connectivity index is 1.37. The largest absolute Gasteiger partial charge is 0.415 e. The Bertz CT molecular complexity index is 943. The first-order valence-corrected chi connectivity index (χ1v) is 10.1. The van der Waals surface area contributed by atoms with Crippen LogP contribution in [-0.4, -0.2) is 49.2 Å². The minimum Gasteiger partial charge on any atom is -0.410 e. The Labute approximate surface area is 166 Å². The van der Waals surface area contributed by atoms with Crippen LogP contribution in [-0.2, 0) is 18.4 Å². The van der Waals surface area contributed by atoms with Crippen molar-refractivity contribution in [1.82, 2.24) is 9.80 Å². The van der Waals surface area contributed by atoms with E-state index in [0.29, 0.717) is 25.0 Å². The summed E-state index contributed by atoms with van der Waals surface area (Å²) in [5.74, 6) is 0.646. The van der Waals surface area contributed by atoms with Gasteiger partial charge in [-0.05, 0) is 54.8 Å². The normalized spacial score (nSPS) is 26.0. The number of hydrogen-bond donors (Lipinski definition) is 0. The van der Waals surface area contributed by atoms with Crippen LogP contribution in [0.2, 0.25) is 0 Å². The number of likely N-dealkylation sites (tertiary alicyclic amines) is 1. The van der Waals surface area contributed by atoms with Gasteiger partial charge in [0.2, 0.25) is 0 Å². The highest BCUT2D eigenvalue weighted by Crippen LogP contribution is 2.51. The molecule has 0 spiro atoms. The number of amides is 1. The first kappa shape index (κ1) is 17.6. The predicted octanol–water partition coefficient (Wildman–Crippen LogP) is 3.61. The third-order valence-electron chi connectivity index (χ3n) is 6.90. The van der Waals surface area contributed by atoms with Gasteiger partial charge in [-0.2, -0.15) is 0 Å². The van der Waals surface area contributed by atoms with Gasteiger partial charge >= 0.3 is 6.09 Å². The lowest BCUT2D eigenvalue weighted by atomic mass is 9.81. The summed E-state index contributed by atoms with van der Waals surface area (Å²) in [6.07, 6.45) is 2.11. The van der Waals surface area contributed by atoms with E-state index in [4.69, 9.17) is 4.74 Å². The van der Waals surface area contributed by atoms with Crippen molar-refractivity contribution >= 4 is 11.8 Å². The number of fused-ring (bicyclic) bond motifs is 4. The molecular formula is C23H27N3O2. The molecule has 1 saturated heterocycles. The smallest absolute Gasteiger partial charge is 0.410 e. The molecule has 1 amide bonds. The predicted molar refractivity (Wildman–Crippen MR) is 110 cm³/mol. The molecule has 0 unspecified atom stereocenters. The van der Waals surface area contributed by atoms with Crippen molar-refractivity contribution in [3.05, 3.63) is 59.2 Å². The van der Waals surface area contributed by atoms with E-state index in [1.165, 1.54) is 22.4 Å². The van der Waals surface area contributed by atoms with E-state index in [9.17, 15) is 4.79 Å². The second-order valence-electron chi connectivity index (χ2n) is 8.62. The minimum absolute atomic E-state index is 0.0747. The molecule has 2 aromatic rings. The molecule has 5 heteroatoms. The SMILES string of the molecule is CN1CC[C@@]2(C)c3cc(OC(=O)N4CCc5ccccc5C4)ccc3N(C)[C@H]12. The molecule has 5 rings (SSSR count). The summed E-state index contributed by atoms with van der Waals surface area (Å²) in [6.45, 7) is 4.74. The molecule has 5 nitrogen and oxygen atoms in total. The molecule has 0 radical (unpaired) electrons. The molecule has 1 fully saturated rings. The molecule has 0 aliphatic carbocycles. The van der Waals surface area contributed by atoms with Gasteiger partial charge in [-0.25, -0.2) is 4.79 Å². The summed E-state index contributed by atoms with van der Waals surface area (Å²) in [5, 5.41) is 0. The van der Waals surface area contributed by atoms with Crippen molar-refractivity contribution < 1.29 is 9.53 Å². The van der Waals surface area contributed by atoms with Crippen LogP contribution in [0, 0.1) is 0 Å². The molecule has 2 atom stereocenters. The van der Waals surface area contributed by atoms with Crippen LogP contribution in [0.15, 0.2) is 42.5 Å². The number of ether oxygens (including phenoxy) is 1. The average Bonchev–Trinajstić information content (AvgIpc) is 3.13. The summed E-state index contributed by atoms with van der Waals surface area (Å²) < 4.78 is 5.80. The maximum Gasteiger partial charge on any atom is 0.415 e. The van der Waals surface area contributed by atoms with E-state index >= 15 is 0 Å². The van der Waals surface area contributed by atoms with Crippen LogP contribution < -0.4 is 9.64 Å². The lowest BCUT2D eigenvalue weighted by Crippen LogP contribution is -2.45. The van der Waals surface area contributed by atoms with Gasteiger partial charge in [0.15, 0.2) is 0 Å². The van der Waals surface area contributed by atoms with Crippen molar-refractivity contribution in [1.29, 1.82) is 0 Å². The number of carbonyl (C=O) groups is 1. The molecule has 0 saturated carbocycles. The lowest BCUT2D eigenvalue weighted by molar-refractivity contribution is 0.147. The Morgan fingerprint density at radius 3 is 2.71 bits per heavy atom. The third-order valence-corrected chi connectivity index (χ3v) is 6.90. The first-order valence-electron chi connectivity index (χ1n) is 10.1. The van der Waals surface area contributed by atoms with Crippen molar-refractivity contribution in [2.75, 3.05) is 32.1 Å². The number of rotatable bonds is 1. The van der Waals surface area contributed by atoms with Crippen molar-refractivity contribution in [2.45, 2.75) is 37.9 Å². The van der Waals surface area contributed by atoms with E-state index in [2.05, 4.69) is 61.2 Å². The molecule has 28 heavy (non-hydrogen) atoms. The number of hydrogen-bond acceptors (Lipinski definition) is 4. The molecule has 0 N–H and O–H groups in total. The van der Waals surface area contributed by atoms with Gasteiger partial charge in [-0.3, -0.25) is 4.90 Å². The highest BCUT2D eigenvalue weighted by molar-refractivity contribution is 5.73. The quantitative estimate of drug-likeness (QED) is 0.761. The van der Waals surface area contributed by atoms with Gasteiger partial charge in [0, 0.05) is 37.8 Å². The van der Waals surface area contributed by atoms with Crippen LogP contribution in [0.25, 0.3) is 0 Å². The van der Waals surface area contributed by atoms with Gasteiger partial charge < -0.3 is 14.5 Å². The van der Waals surface area contributed by atoms with E-state index in [1.807, 2.05) is 12.1 Å². The van der Waals surface area contributed by atoms with Gasteiger partial charge in [0.25, 0.3) is 0 Å². The summed E-state index contributed by atoms with van der Waals surface area (Å²) in [5.41, 5.74) is 5.15. The van der Waals surface area contributed by atoms with Crippen LogP contribution in [0.4, 0.5) is 10.5 Å². The summed E-state index contributed by atoms with van der Waals surface area (Å²) in [7, 11) is 4.35. The van der Waals surface area contributed by atoms with Crippen LogP contribution >= 0.6 is 0 Å². The Hall–Kier alpha value is -2.53. The second kappa shape index (κ2) is 6.24. The average molecular weight is 377 g/mol. The molecule has 3 heterocycles. The highest BCUT2D eigenvalue weighted by Gasteiger charge is 2.52. The molecule has 3 aliphatic heterocycles. The highest BCUT2D eigenvalue weighted by atomic mass is 16.6. The van der Waals surface area contributed by atoms with Crippen molar-refractivity contribution in [3.8, 4) is 5.75 Å². The fourth-order valence-electron chi connectivity index (χ4n) is 5.44. The summed E-state index contributed by atoms with van der Waals surface area (Å²) >= 11 is 0. The van der Waals surface area contributed by atoms with Crippen LogP contribution in [0.1, 0.15) is 30.0 Å². The maximum atomic E-state index is 12.8. The number of nitrogens with zero attached hydrogens (tertiary/aromatic N) is 3. The zero-order chi connectivity index (χ0) is 19.5. The minimum atomic E-state index is -0.258. The number of anilines is 1. The summed E-state index contributed by atoms with van der Waals surface area (Å²) in [4.78, 5) is 19.4. The zero-order valence-electron chi connectivity index (χ0n) is 16.8. The monoisotopic (exact) mass is 377 g/mol. The first-order chi connectivity index (χ1) is 13.5. The lowest BCUT2D eigenvalue weighted by Gasteiger charge is -2.32. The van der Waals surface area contributed by atoms with Crippen LogP contribution in [0.3, 0.4) is 0 Å². The third kappa shape index (κ3) is 2.53. The number of likely N-dealkylation sites (N-methyl/N-ethyl adjacent to an activating group) is 2. The van der Waals surface area contributed by atoms with Gasteiger partial charge in [-0.1, -0.05) is 31.2 Å². The van der Waals surface area contributed by atoms with Gasteiger partial charge in [0.1, 0.15) is 5.75 Å². The molecular weight excluding hydrogens is 350 g/mol. The van der Waals surface area contributed by atoms with Crippen LogP contribution in [0.5, 0.6) is 5.75 Å². The van der Waals surface area contributed by atoms with E-state index in [0.717, 1.165) is 19.4 Å². The molecule has 0 bridgehead atoms.